The van der Waals surface area contributed by atoms with Gasteiger partial charge in [-0.25, -0.2) is 4.79 Å². The summed E-state index contributed by atoms with van der Waals surface area (Å²) in [6, 6.07) is 13.1. The molecule has 3 aromatic rings. The van der Waals surface area contributed by atoms with Crippen molar-refractivity contribution in [1.29, 1.82) is 0 Å². The summed E-state index contributed by atoms with van der Waals surface area (Å²) in [4.78, 5) is 49.3. The van der Waals surface area contributed by atoms with Gasteiger partial charge < -0.3 is 10.1 Å². The molecule has 1 aliphatic rings. The van der Waals surface area contributed by atoms with Crippen LogP contribution < -0.4 is 21.3 Å². The van der Waals surface area contributed by atoms with Crippen LogP contribution in [0.3, 0.4) is 0 Å². The van der Waals surface area contributed by atoms with Crippen LogP contribution in [0.1, 0.15) is 35.1 Å². The maximum atomic E-state index is 12.7. The third-order valence-corrected chi connectivity index (χ3v) is 6.25. The van der Waals surface area contributed by atoms with Crippen LogP contribution in [-0.2, 0) is 36.0 Å². The van der Waals surface area contributed by atoms with Crippen molar-refractivity contribution in [2.24, 2.45) is 7.05 Å². The minimum Gasteiger partial charge on any atom is -0.426 e. The van der Waals surface area contributed by atoms with Gasteiger partial charge in [-0.05, 0) is 49.1 Å². The van der Waals surface area contributed by atoms with Crippen LogP contribution in [0, 0.1) is 18.8 Å². The highest BCUT2D eigenvalue weighted by Gasteiger charge is 2.18. The second kappa shape index (κ2) is 10.7. The first-order valence-electron chi connectivity index (χ1n) is 11.4. The molecule has 0 fully saturated rings. The third kappa shape index (κ3) is 5.58. The number of aryl methyl sites for hydroxylation is 3. The number of fused-ring (bicyclic) bond motifs is 1. The molecule has 0 atom stereocenters. The SMILES string of the molecule is Cc1ccc(CCC(=O)Nc2c(Cl)n(CC#Cc3ccc4c(c3)CCC(=O)O4)c(=O)n(C)c2=O)cc1. The van der Waals surface area contributed by atoms with Crippen LogP contribution >= 0.6 is 11.6 Å². The molecular formula is C27H24ClN3O5. The highest BCUT2D eigenvalue weighted by molar-refractivity contribution is 6.32. The van der Waals surface area contributed by atoms with Crippen LogP contribution in [-0.4, -0.2) is 21.0 Å². The van der Waals surface area contributed by atoms with E-state index in [1.807, 2.05) is 37.3 Å². The third-order valence-electron chi connectivity index (χ3n) is 5.86. The molecule has 0 saturated heterocycles. The average molecular weight is 506 g/mol. The largest absolute Gasteiger partial charge is 0.426 e. The van der Waals surface area contributed by atoms with Crippen LogP contribution in [0.4, 0.5) is 5.69 Å². The quantitative estimate of drug-likeness (QED) is 0.249. The fourth-order valence-electron chi connectivity index (χ4n) is 3.78. The van der Waals surface area contributed by atoms with Crippen LogP contribution in [0.5, 0.6) is 5.75 Å². The first-order chi connectivity index (χ1) is 17.2. The lowest BCUT2D eigenvalue weighted by molar-refractivity contribution is -0.135. The standard InChI is InChI=1S/C27H24ClN3O5/c1-17-5-7-18(8-6-17)10-13-22(32)29-24-25(28)31(27(35)30(2)26(24)34)15-3-4-19-9-12-21-20(16-19)11-14-23(33)36-21/h5-9,12,16H,10-11,13-15H2,1-2H3,(H,29,32). The van der Waals surface area contributed by atoms with E-state index in [4.69, 9.17) is 16.3 Å². The number of rotatable bonds is 5. The van der Waals surface area contributed by atoms with E-state index in [1.165, 1.54) is 7.05 Å². The highest BCUT2D eigenvalue weighted by Crippen LogP contribution is 2.26. The minimum absolute atomic E-state index is 0.0932. The fourth-order valence-corrected chi connectivity index (χ4v) is 4.04. The molecule has 1 aromatic heterocycles. The van der Waals surface area contributed by atoms with Gasteiger partial charge in [-0.2, -0.15) is 0 Å². The summed E-state index contributed by atoms with van der Waals surface area (Å²) in [5.41, 5.74) is 2.19. The van der Waals surface area contributed by atoms with E-state index in [0.29, 0.717) is 30.6 Å². The van der Waals surface area contributed by atoms with E-state index in [1.54, 1.807) is 12.1 Å². The molecule has 0 unspecified atom stereocenters. The van der Waals surface area contributed by atoms with E-state index >= 15 is 0 Å². The molecule has 1 N–H and O–H groups in total. The van der Waals surface area contributed by atoms with Crippen LogP contribution in [0.25, 0.3) is 0 Å². The molecule has 0 bridgehead atoms. The second-order valence-electron chi connectivity index (χ2n) is 8.53. The van der Waals surface area contributed by atoms with Gasteiger partial charge in [0.2, 0.25) is 5.91 Å². The Bertz CT molecular complexity index is 1520. The first-order valence-corrected chi connectivity index (χ1v) is 11.8. The van der Waals surface area contributed by atoms with Gasteiger partial charge in [0.1, 0.15) is 16.6 Å². The number of nitrogens with zero attached hydrogens (tertiary/aromatic N) is 2. The molecule has 4 rings (SSSR count). The Balaban J connectivity index is 1.51. The Kier molecular flexibility index (Phi) is 7.41. The van der Waals surface area contributed by atoms with Crippen molar-refractivity contribution >= 4 is 29.2 Å². The Labute approximate surface area is 212 Å². The molecule has 2 heterocycles. The number of hydrogen-bond donors (Lipinski definition) is 1. The van der Waals surface area contributed by atoms with Crippen molar-refractivity contribution in [3.05, 3.63) is 90.7 Å². The fraction of sp³-hybridized carbons (Fsp3) is 0.259. The van der Waals surface area contributed by atoms with Gasteiger partial charge in [-0.3, -0.25) is 23.5 Å². The molecule has 0 radical (unpaired) electrons. The summed E-state index contributed by atoms with van der Waals surface area (Å²) in [5, 5.41) is 2.38. The topological polar surface area (TPSA) is 99.4 Å². The summed E-state index contributed by atoms with van der Waals surface area (Å²) < 4.78 is 7.21. The number of benzene rings is 2. The number of carbonyl (C=O) groups is 2. The van der Waals surface area contributed by atoms with Crippen LogP contribution in [0.2, 0.25) is 5.15 Å². The maximum Gasteiger partial charge on any atom is 0.332 e. The Morgan fingerprint density at radius 3 is 2.61 bits per heavy atom. The monoisotopic (exact) mass is 505 g/mol. The molecule has 1 aliphatic heterocycles. The number of halogens is 1. The predicted molar refractivity (Wildman–Crippen MR) is 136 cm³/mol. The van der Waals surface area contributed by atoms with Crippen molar-refractivity contribution in [2.75, 3.05) is 5.32 Å². The maximum absolute atomic E-state index is 12.7. The number of amides is 1. The van der Waals surface area contributed by atoms with E-state index in [9.17, 15) is 19.2 Å². The summed E-state index contributed by atoms with van der Waals surface area (Å²) in [5.74, 6) is 5.72. The van der Waals surface area contributed by atoms with Crippen LogP contribution in [0.15, 0.2) is 52.1 Å². The number of aromatic nitrogens is 2. The summed E-state index contributed by atoms with van der Waals surface area (Å²) in [6.45, 7) is 1.89. The molecule has 0 spiro atoms. The number of hydrogen-bond acceptors (Lipinski definition) is 5. The zero-order valence-corrected chi connectivity index (χ0v) is 20.6. The van der Waals surface area contributed by atoms with E-state index < -0.39 is 11.2 Å². The van der Waals surface area contributed by atoms with Gasteiger partial charge in [-0.1, -0.05) is 53.3 Å². The Morgan fingerprint density at radius 1 is 1.11 bits per heavy atom. The van der Waals surface area contributed by atoms with Gasteiger partial charge in [0.05, 0.1) is 13.0 Å². The summed E-state index contributed by atoms with van der Waals surface area (Å²) in [6.07, 6.45) is 1.53. The zero-order valence-electron chi connectivity index (χ0n) is 19.9. The number of carbonyl (C=O) groups excluding carboxylic acids is 2. The van der Waals surface area contributed by atoms with E-state index in [-0.39, 0.29) is 35.7 Å². The number of nitrogens with one attached hydrogen (secondary N) is 1. The van der Waals surface area contributed by atoms with Gasteiger partial charge in [0, 0.05) is 19.0 Å². The van der Waals surface area contributed by atoms with Gasteiger partial charge in [-0.15, -0.1) is 0 Å². The molecule has 1 amide bonds. The lowest BCUT2D eigenvalue weighted by Gasteiger charge is -2.15. The van der Waals surface area contributed by atoms with Gasteiger partial charge in [0.25, 0.3) is 5.56 Å². The molecule has 184 valence electrons. The molecular weight excluding hydrogens is 482 g/mol. The Hall–Kier alpha value is -4.09. The molecule has 8 nitrogen and oxygen atoms in total. The lowest BCUT2D eigenvalue weighted by Crippen LogP contribution is -2.40. The molecule has 36 heavy (non-hydrogen) atoms. The van der Waals surface area contributed by atoms with Crippen molar-refractivity contribution in [3.8, 4) is 17.6 Å². The van der Waals surface area contributed by atoms with Crippen molar-refractivity contribution in [3.63, 3.8) is 0 Å². The smallest absolute Gasteiger partial charge is 0.332 e. The zero-order chi connectivity index (χ0) is 25.8. The lowest BCUT2D eigenvalue weighted by atomic mass is 10.0. The first kappa shape index (κ1) is 25.0. The van der Waals surface area contributed by atoms with Gasteiger partial charge in [0.15, 0.2) is 0 Å². The average Bonchev–Trinajstić information content (AvgIpc) is 2.87. The molecule has 0 saturated carbocycles. The number of esters is 1. The van der Waals surface area contributed by atoms with E-state index in [2.05, 4.69) is 17.2 Å². The predicted octanol–water partition coefficient (Wildman–Crippen LogP) is 2.98. The molecule has 0 aliphatic carbocycles. The second-order valence-corrected chi connectivity index (χ2v) is 8.89. The normalized spacial score (nSPS) is 12.2. The van der Waals surface area contributed by atoms with Gasteiger partial charge >= 0.3 is 11.7 Å². The number of anilines is 1. The number of ether oxygens (including phenoxy) is 1. The summed E-state index contributed by atoms with van der Waals surface area (Å²) >= 11 is 6.38. The summed E-state index contributed by atoms with van der Waals surface area (Å²) in [7, 11) is 1.32. The van der Waals surface area contributed by atoms with Crippen molar-refractivity contribution < 1.29 is 14.3 Å². The van der Waals surface area contributed by atoms with Crippen molar-refractivity contribution in [2.45, 2.75) is 39.2 Å². The molecule has 2 aromatic carbocycles. The Morgan fingerprint density at radius 2 is 1.86 bits per heavy atom. The highest BCUT2D eigenvalue weighted by atomic mass is 35.5. The molecule has 9 heteroatoms. The van der Waals surface area contributed by atoms with E-state index in [0.717, 1.165) is 25.8 Å². The minimum atomic E-state index is -0.692. The van der Waals surface area contributed by atoms with Crippen molar-refractivity contribution in [1.82, 2.24) is 9.13 Å².